The highest BCUT2D eigenvalue weighted by Crippen LogP contribution is 2.17. The quantitative estimate of drug-likeness (QED) is 0.875. The molecule has 1 N–H and O–H groups in total. The predicted molar refractivity (Wildman–Crippen MR) is 76.2 cm³/mol. The van der Waals surface area contributed by atoms with E-state index in [1.807, 2.05) is 31.3 Å². The molecular formula is C16H19NO. The Morgan fingerprint density at radius 1 is 0.944 bits per heavy atom. The molecule has 0 saturated carbocycles. The molecule has 0 amide bonds. The molecular weight excluding hydrogens is 222 g/mol. The second kappa shape index (κ2) is 5.58. The first kappa shape index (κ1) is 12.5. The molecule has 2 rings (SSSR count). The van der Waals surface area contributed by atoms with Crippen LogP contribution in [0.1, 0.15) is 16.7 Å². The predicted octanol–water partition coefficient (Wildman–Crippen LogP) is 3.92. The zero-order valence-corrected chi connectivity index (χ0v) is 11.2. The van der Waals surface area contributed by atoms with Gasteiger partial charge in [-0.15, -0.1) is 0 Å². The lowest BCUT2D eigenvalue weighted by Crippen LogP contribution is -1.97. The molecule has 2 heteroatoms. The zero-order chi connectivity index (χ0) is 13.0. The summed E-state index contributed by atoms with van der Waals surface area (Å²) in [4.78, 5) is 0. The highest BCUT2D eigenvalue weighted by atomic mass is 16.5. The molecule has 0 unspecified atom stereocenters. The maximum absolute atomic E-state index is 5.77. The molecule has 0 aliphatic heterocycles. The van der Waals surface area contributed by atoms with Gasteiger partial charge in [0.1, 0.15) is 12.4 Å². The minimum absolute atomic E-state index is 0.613. The summed E-state index contributed by atoms with van der Waals surface area (Å²) in [7, 11) is 1.91. The number of hydrogen-bond donors (Lipinski definition) is 1. The van der Waals surface area contributed by atoms with E-state index >= 15 is 0 Å². The van der Waals surface area contributed by atoms with E-state index in [-0.39, 0.29) is 0 Å². The van der Waals surface area contributed by atoms with Gasteiger partial charge in [0.25, 0.3) is 0 Å². The van der Waals surface area contributed by atoms with Crippen LogP contribution in [0.4, 0.5) is 5.69 Å². The van der Waals surface area contributed by atoms with Crippen molar-refractivity contribution >= 4 is 5.69 Å². The number of nitrogens with one attached hydrogen (secondary N) is 1. The van der Waals surface area contributed by atoms with Crippen LogP contribution in [0.25, 0.3) is 0 Å². The summed E-state index contributed by atoms with van der Waals surface area (Å²) >= 11 is 0. The largest absolute Gasteiger partial charge is 0.489 e. The Balaban J connectivity index is 2.01. The van der Waals surface area contributed by atoms with Crippen molar-refractivity contribution in [2.24, 2.45) is 0 Å². The molecule has 18 heavy (non-hydrogen) atoms. The first-order chi connectivity index (χ1) is 8.67. The van der Waals surface area contributed by atoms with Crippen LogP contribution in [-0.2, 0) is 6.61 Å². The molecule has 0 aliphatic carbocycles. The molecule has 0 fully saturated rings. The van der Waals surface area contributed by atoms with Crippen LogP contribution in [0.15, 0.2) is 42.5 Å². The summed E-state index contributed by atoms with van der Waals surface area (Å²) in [6.07, 6.45) is 0. The van der Waals surface area contributed by atoms with E-state index in [9.17, 15) is 0 Å². The van der Waals surface area contributed by atoms with E-state index in [4.69, 9.17) is 4.74 Å². The summed E-state index contributed by atoms with van der Waals surface area (Å²) < 4.78 is 5.77. The van der Waals surface area contributed by atoms with Crippen LogP contribution in [-0.4, -0.2) is 7.05 Å². The van der Waals surface area contributed by atoms with Crippen molar-refractivity contribution in [1.29, 1.82) is 0 Å². The van der Waals surface area contributed by atoms with E-state index < -0.39 is 0 Å². The van der Waals surface area contributed by atoms with Gasteiger partial charge in [-0.2, -0.15) is 0 Å². The average molecular weight is 241 g/mol. The Bertz CT molecular complexity index is 497. The summed E-state index contributed by atoms with van der Waals surface area (Å²) in [5.74, 6) is 0.896. The van der Waals surface area contributed by atoms with Gasteiger partial charge >= 0.3 is 0 Å². The summed E-state index contributed by atoms with van der Waals surface area (Å²) in [5, 5.41) is 3.09. The molecule has 2 aromatic rings. The van der Waals surface area contributed by atoms with E-state index in [1.54, 1.807) is 0 Å². The topological polar surface area (TPSA) is 21.3 Å². The first-order valence-electron chi connectivity index (χ1n) is 6.15. The van der Waals surface area contributed by atoms with Crippen molar-refractivity contribution in [2.45, 2.75) is 20.5 Å². The van der Waals surface area contributed by atoms with E-state index in [1.165, 1.54) is 16.7 Å². The molecule has 0 radical (unpaired) electrons. The van der Waals surface area contributed by atoms with Gasteiger partial charge in [0.2, 0.25) is 0 Å². The third-order valence-electron chi connectivity index (χ3n) is 2.83. The number of benzene rings is 2. The van der Waals surface area contributed by atoms with Gasteiger partial charge in [0, 0.05) is 12.7 Å². The molecule has 0 heterocycles. The number of anilines is 1. The van der Waals surface area contributed by atoms with Gasteiger partial charge < -0.3 is 10.1 Å². The van der Waals surface area contributed by atoms with Crippen molar-refractivity contribution in [3.05, 3.63) is 59.2 Å². The number of rotatable bonds is 4. The van der Waals surface area contributed by atoms with Crippen molar-refractivity contribution < 1.29 is 4.74 Å². The van der Waals surface area contributed by atoms with E-state index in [0.717, 1.165) is 11.4 Å². The van der Waals surface area contributed by atoms with Crippen LogP contribution >= 0.6 is 0 Å². The molecule has 94 valence electrons. The third kappa shape index (κ3) is 3.27. The fourth-order valence-corrected chi connectivity index (χ4v) is 2.04. The van der Waals surface area contributed by atoms with Crippen LogP contribution in [0.2, 0.25) is 0 Å². The second-order valence-electron chi connectivity index (χ2n) is 4.56. The second-order valence-corrected chi connectivity index (χ2v) is 4.56. The van der Waals surface area contributed by atoms with Gasteiger partial charge in [-0.3, -0.25) is 0 Å². The van der Waals surface area contributed by atoms with Crippen LogP contribution in [0.3, 0.4) is 0 Å². The Labute approximate surface area is 109 Å². The van der Waals surface area contributed by atoms with Crippen LogP contribution in [0.5, 0.6) is 5.75 Å². The molecule has 0 aliphatic rings. The number of hydrogen-bond acceptors (Lipinski definition) is 2. The lowest BCUT2D eigenvalue weighted by Gasteiger charge is -2.09. The maximum atomic E-state index is 5.77. The van der Waals surface area contributed by atoms with Crippen LogP contribution < -0.4 is 10.1 Å². The zero-order valence-electron chi connectivity index (χ0n) is 11.2. The molecule has 0 aromatic heterocycles. The summed E-state index contributed by atoms with van der Waals surface area (Å²) in [6, 6.07) is 14.5. The lowest BCUT2D eigenvalue weighted by atomic mass is 10.1. The average Bonchev–Trinajstić information content (AvgIpc) is 2.36. The Morgan fingerprint density at radius 2 is 1.56 bits per heavy atom. The fourth-order valence-electron chi connectivity index (χ4n) is 2.04. The summed E-state index contributed by atoms with van der Waals surface area (Å²) in [6.45, 7) is 4.83. The SMILES string of the molecule is CNc1ccc(OCc2cc(C)cc(C)c2)cc1. The van der Waals surface area contributed by atoms with Gasteiger partial charge in [-0.25, -0.2) is 0 Å². The molecule has 2 nitrogen and oxygen atoms in total. The molecule has 0 atom stereocenters. The molecule has 0 spiro atoms. The molecule has 2 aromatic carbocycles. The highest BCUT2D eigenvalue weighted by Gasteiger charge is 1.98. The van der Waals surface area contributed by atoms with E-state index in [2.05, 4.69) is 37.4 Å². The minimum Gasteiger partial charge on any atom is -0.489 e. The first-order valence-corrected chi connectivity index (χ1v) is 6.15. The van der Waals surface area contributed by atoms with Crippen molar-refractivity contribution in [1.82, 2.24) is 0 Å². The summed E-state index contributed by atoms with van der Waals surface area (Å²) in [5.41, 5.74) is 4.86. The highest BCUT2D eigenvalue weighted by molar-refractivity contribution is 5.45. The van der Waals surface area contributed by atoms with Crippen molar-refractivity contribution in [3.8, 4) is 5.75 Å². The standard InChI is InChI=1S/C16H19NO/c1-12-8-13(2)10-14(9-12)11-18-16-6-4-15(17-3)5-7-16/h4-10,17H,11H2,1-3H3. The van der Waals surface area contributed by atoms with Crippen molar-refractivity contribution in [3.63, 3.8) is 0 Å². The minimum atomic E-state index is 0.613. The fraction of sp³-hybridized carbons (Fsp3) is 0.250. The van der Waals surface area contributed by atoms with Gasteiger partial charge in [-0.05, 0) is 43.7 Å². The van der Waals surface area contributed by atoms with E-state index in [0.29, 0.717) is 6.61 Å². The monoisotopic (exact) mass is 241 g/mol. The molecule has 0 bridgehead atoms. The van der Waals surface area contributed by atoms with Gasteiger partial charge in [0.05, 0.1) is 0 Å². The third-order valence-corrected chi connectivity index (χ3v) is 2.83. The molecule has 0 saturated heterocycles. The number of aryl methyl sites for hydroxylation is 2. The maximum Gasteiger partial charge on any atom is 0.119 e. The van der Waals surface area contributed by atoms with Gasteiger partial charge in [0.15, 0.2) is 0 Å². The smallest absolute Gasteiger partial charge is 0.119 e. The van der Waals surface area contributed by atoms with Crippen molar-refractivity contribution in [2.75, 3.05) is 12.4 Å². The lowest BCUT2D eigenvalue weighted by molar-refractivity contribution is 0.306. The Morgan fingerprint density at radius 3 is 2.11 bits per heavy atom. The normalized spacial score (nSPS) is 10.2. The Hall–Kier alpha value is -1.96. The Kier molecular flexibility index (Phi) is 3.88. The van der Waals surface area contributed by atoms with Gasteiger partial charge in [-0.1, -0.05) is 29.3 Å². The number of ether oxygens (including phenoxy) is 1. The van der Waals surface area contributed by atoms with Crippen LogP contribution in [0, 0.1) is 13.8 Å².